The summed E-state index contributed by atoms with van der Waals surface area (Å²) in [6, 6.07) is 6.57. The Kier molecular flexibility index (Phi) is 4.98. The molecule has 0 saturated heterocycles. The Morgan fingerprint density at radius 3 is 2.90 bits per heavy atom. The van der Waals surface area contributed by atoms with Crippen LogP contribution in [0.25, 0.3) is 22.4 Å². The third-order valence-electron chi connectivity index (χ3n) is 4.52. The molecule has 1 aliphatic heterocycles. The maximum absolute atomic E-state index is 14.5. The predicted molar refractivity (Wildman–Crippen MR) is 101 cm³/mol. The van der Waals surface area contributed by atoms with Crippen molar-refractivity contribution >= 4 is 11.7 Å². The Labute approximate surface area is 165 Å². The molecule has 0 spiro atoms. The molecule has 0 saturated carbocycles. The molecule has 1 aromatic carbocycles. The van der Waals surface area contributed by atoms with E-state index in [1.807, 2.05) is 0 Å². The van der Waals surface area contributed by atoms with Crippen LogP contribution in [-0.4, -0.2) is 38.5 Å². The van der Waals surface area contributed by atoms with E-state index < -0.39 is 23.6 Å². The van der Waals surface area contributed by atoms with E-state index >= 15 is 0 Å². The predicted octanol–water partition coefficient (Wildman–Crippen LogP) is 2.99. The van der Waals surface area contributed by atoms with Crippen LogP contribution < -0.4 is 10.1 Å². The zero-order valence-corrected chi connectivity index (χ0v) is 15.5. The summed E-state index contributed by atoms with van der Waals surface area (Å²) < 4.78 is 35.3. The van der Waals surface area contributed by atoms with E-state index in [0.717, 1.165) is 12.5 Å². The summed E-state index contributed by atoms with van der Waals surface area (Å²) in [6.07, 6.45) is 1.03. The highest BCUT2D eigenvalue weighted by Gasteiger charge is 2.26. The maximum Gasteiger partial charge on any atom is 0.254 e. The number of aryl methyl sites for hydroxylation is 1. The van der Waals surface area contributed by atoms with Gasteiger partial charge in [0.1, 0.15) is 29.3 Å². The number of fused-ring (bicyclic) bond motifs is 1. The molecule has 0 radical (unpaired) electrons. The number of hydrogen-bond acceptors (Lipinski definition) is 5. The minimum atomic E-state index is -1.20. The first kappa shape index (κ1) is 19.0. The fourth-order valence-electron chi connectivity index (χ4n) is 3.14. The van der Waals surface area contributed by atoms with Crippen LogP contribution in [0, 0.1) is 11.6 Å². The number of carbonyl (C=O) groups is 1. The van der Waals surface area contributed by atoms with Gasteiger partial charge in [-0.05, 0) is 36.8 Å². The number of ether oxygens (including phenoxy) is 1. The second kappa shape index (κ2) is 7.59. The van der Waals surface area contributed by atoms with E-state index in [-0.39, 0.29) is 11.4 Å². The molecule has 9 heteroatoms. The largest absolute Gasteiger partial charge is 0.477 e. The lowest BCUT2D eigenvalue weighted by Crippen LogP contribution is -2.24. The minimum absolute atomic E-state index is 0.137. The van der Waals surface area contributed by atoms with Gasteiger partial charge in [-0.3, -0.25) is 4.79 Å². The van der Waals surface area contributed by atoms with Crippen LogP contribution in [0.4, 0.5) is 14.6 Å². The summed E-state index contributed by atoms with van der Waals surface area (Å²) in [5.74, 6) is -1.34. The van der Waals surface area contributed by atoms with Gasteiger partial charge < -0.3 is 15.2 Å². The third kappa shape index (κ3) is 3.68. The van der Waals surface area contributed by atoms with Gasteiger partial charge in [0.25, 0.3) is 5.91 Å². The number of pyridine rings is 1. The number of aliphatic hydroxyl groups excluding tert-OH is 1. The molecule has 150 valence electrons. The fourth-order valence-corrected chi connectivity index (χ4v) is 3.14. The van der Waals surface area contributed by atoms with Crippen LogP contribution in [0.5, 0.6) is 5.88 Å². The number of halogens is 2. The van der Waals surface area contributed by atoms with Crippen molar-refractivity contribution in [3.05, 3.63) is 48.2 Å². The van der Waals surface area contributed by atoms with Gasteiger partial charge in [0.2, 0.25) is 5.88 Å². The highest BCUT2D eigenvalue weighted by molar-refractivity contribution is 5.94. The molecule has 0 fully saturated rings. The molecule has 7 nitrogen and oxygen atoms in total. The molecular formula is C20H18F2N4O3. The van der Waals surface area contributed by atoms with Gasteiger partial charge in [0.15, 0.2) is 0 Å². The van der Waals surface area contributed by atoms with Crippen molar-refractivity contribution < 1.29 is 23.4 Å². The van der Waals surface area contributed by atoms with Crippen molar-refractivity contribution in [2.45, 2.75) is 26.0 Å². The Balaban J connectivity index is 1.85. The molecule has 2 N–H and O–H groups in total. The van der Waals surface area contributed by atoms with Gasteiger partial charge in [-0.2, -0.15) is 5.10 Å². The highest BCUT2D eigenvalue weighted by atomic mass is 19.1. The normalized spacial score (nSPS) is 14.1. The summed E-state index contributed by atoms with van der Waals surface area (Å²) in [6.45, 7) is 2.43. The lowest BCUT2D eigenvalue weighted by Gasteiger charge is -2.16. The molecule has 4 rings (SSSR count). The van der Waals surface area contributed by atoms with Gasteiger partial charge in [-0.15, -0.1) is 0 Å². The molecular weight excluding hydrogens is 382 g/mol. The third-order valence-corrected chi connectivity index (χ3v) is 4.52. The van der Waals surface area contributed by atoms with E-state index in [1.165, 1.54) is 25.3 Å². The van der Waals surface area contributed by atoms with Gasteiger partial charge >= 0.3 is 0 Å². The van der Waals surface area contributed by atoms with Crippen molar-refractivity contribution in [1.82, 2.24) is 14.8 Å². The second-order valence-corrected chi connectivity index (χ2v) is 6.67. The second-order valence-electron chi connectivity index (χ2n) is 6.67. The molecule has 1 atom stereocenters. The zero-order chi connectivity index (χ0) is 20.5. The molecule has 1 amide bonds. The van der Waals surface area contributed by atoms with Crippen LogP contribution >= 0.6 is 0 Å². The zero-order valence-electron chi connectivity index (χ0n) is 15.5. The van der Waals surface area contributed by atoms with E-state index in [4.69, 9.17) is 4.74 Å². The van der Waals surface area contributed by atoms with E-state index in [0.29, 0.717) is 35.9 Å². The summed E-state index contributed by atoms with van der Waals surface area (Å²) in [4.78, 5) is 15.9. The molecule has 0 aliphatic carbocycles. The highest BCUT2D eigenvalue weighted by Crippen LogP contribution is 2.41. The van der Waals surface area contributed by atoms with Crippen molar-refractivity contribution in [1.29, 1.82) is 0 Å². The monoisotopic (exact) mass is 400 g/mol. The SMILES string of the molecule is C[C@H](O)C(=O)Nc1cc(-c2c(-c3ccc(F)cc3F)nn3c2OCCC3)ccn1. The number of benzene rings is 1. The number of aromatic nitrogens is 3. The molecule has 3 aromatic rings. The number of hydrogen-bond donors (Lipinski definition) is 2. The van der Waals surface area contributed by atoms with Crippen molar-refractivity contribution in [2.75, 3.05) is 11.9 Å². The Hall–Kier alpha value is -3.33. The summed E-state index contributed by atoms with van der Waals surface area (Å²) >= 11 is 0. The fraction of sp³-hybridized carbons (Fsp3) is 0.250. The van der Waals surface area contributed by atoms with E-state index in [1.54, 1.807) is 16.8 Å². The van der Waals surface area contributed by atoms with Crippen molar-refractivity contribution in [2.24, 2.45) is 0 Å². The number of amides is 1. The molecule has 0 bridgehead atoms. The molecule has 0 unspecified atom stereocenters. The average molecular weight is 400 g/mol. The smallest absolute Gasteiger partial charge is 0.254 e. The summed E-state index contributed by atoms with van der Waals surface area (Å²) in [7, 11) is 0. The number of nitrogens with zero attached hydrogens (tertiary/aromatic N) is 3. The molecule has 2 aromatic heterocycles. The Morgan fingerprint density at radius 1 is 1.31 bits per heavy atom. The first-order valence-electron chi connectivity index (χ1n) is 9.08. The first-order valence-corrected chi connectivity index (χ1v) is 9.08. The standard InChI is InChI=1S/C20H18F2N4O3/c1-11(27)19(28)24-16-9-12(5-6-23-16)17-18(14-4-3-13(21)10-15(14)22)25-26-7-2-8-29-20(17)26/h3-6,9-11,27H,2,7-8H2,1H3,(H,23,24,28)/t11-/m0/s1. The summed E-state index contributed by atoms with van der Waals surface area (Å²) in [5, 5.41) is 16.4. The minimum Gasteiger partial charge on any atom is -0.477 e. The number of nitrogens with one attached hydrogen (secondary N) is 1. The lowest BCUT2D eigenvalue weighted by molar-refractivity contribution is -0.123. The topological polar surface area (TPSA) is 89.3 Å². The first-order chi connectivity index (χ1) is 13.9. The average Bonchev–Trinajstić information content (AvgIpc) is 3.07. The Bertz CT molecular complexity index is 1080. The van der Waals surface area contributed by atoms with Gasteiger partial charge in [-0.1, -0.05) is 0 Å². The lowest BCUT2D eigenvalue weighted by atomic mass is 10.0. The molecule has 3 heterocycles. The van der Waals surface area contributed by atoms with Crippen molar-refractivity contribution in [3.63, 3.8) is 0 Å². The van der Waals surface area contributed by atoms with Crippen LogP contribution in [0.2, 0.25) is 0 Å². The summed E-state index contributed by atoms with van der Waals surface area (Å²) in [5.41, 5.74) is 1.55. The molecule has 1 aliphatic rings. The van der Waals surface area contributed by atoms with Gasteiger partial charge in [0, 0.05) is 30.8 Å². The Morgan fingerprint density at radius 2 is 2.14 bits per heavy atom. The van der Waals surface area contributed by atoms with Gasteiger partial charge in [-0.25, -0.2) is 18.4 Å². The van der Waals surface area contributed by atoms with Crippen molar-refractivity contribution in [3.8, 4) is 28.3 Å². The number of rotatable bonds is 4. The van der Waals surface area contributed by atoms with E-state index in [2.05, 4.69) is 15.4 Å². The number of carbonyl (C=O) groups excluding carboxylic acids is 1. The van der Waals surface area contributed by atoms with Gasteiger partial charge in [0.05, 0.1) is 12.2 Å². The van der Waals surface area contributed by atoms with Crippen LogP contribution in [0.15, 0.2) is 36.5 Å². The molecule has 29 heavy (non-hydrogen) atoms. The number of anilines is 1. The number of aliphatic hydroxyl groups is 1. The van der Waals surface area contributed by atoms with Crippen LogP contribution in [0.1, 0.15) is 13.3 Å². The van der Waals surface area contributed by atoms with E-state index in [9.17, 15) is 18.7 Å². The van der Waals surface area contributed by atoms with Crippen LogP contribution in [-0.2, 0) is 11.3 Å². The quantitative estimate of drug-likeness (QED) is 0.703. The maximum atomic E-state index is 14.5. The van der Waals surface area contributed by atoms with Crippen LogP contribution in [0.3, 0.4) is 0 Å².